The number of rotatable bonds is 4. The molecule has 0 atom stereocenters. The van der Waals surface area contributed by atoms with E-state index in [1.54, 1.807) is 22.8 Å². The minimum Gasteiger partial charge on any atom is -0.362 e. The van der Waals surface area contributed by atoms with Gasteiger partial charge in [-0.05, 0) is 26.0 Å². The summed E-state index contributed by atoms with van der Waals surface area (Å²) < 4.78 is 1.76. The van der Waals surface area contributed by atoms with Gasteiger partial charge in [0.2, 0.25) is 0 Å². The topological polar surface area (TPSA) is 59.8 Å². The van der Waals surface area contributed by atoms with Crippen LogP contribution >= 0.6 is 11.3 Å². The van der Waals surface area contributed by atoms with E-state index in [4.69, 9.17) is 0 Å². The molecule has 0 saturated carbocycles. The highest BCUT2D eigenvalue weighted by Gasteiger charge is 2.10. The van der Waals surface area contributed by atoms with E-state index in [0.717, 1.165) is 27.6 Å². The number of aryl methyl sites for hydroxylation is 1. The van der Waals surface area contributed by atoms with Crippen molar-refractivity contribution >= 4 is 27.5 Å². The number of hydrogen-bond acceptors (Lipinski definition) is 5. The van der Waals surface area contributed by atoms with Gasteiger partial charge in [-0.3, -0.25) is 9.36 Å². The molecular formula is C15H16N4OS. The summed E-state index contributed by atoms with van der Waals surface area (Å²) in [6.45, 7) is 5.14. The number of aromatic nitrogens is 3. The number of fused-ring (bicyclic) bond motifs is 1. The van der Waals surface area contributed by atoms with Crippen LogP contribution in [0.4, 0.5) is 5.13 Å². The molecule has 3 rings (SSSR count). The van der Waals surface area contributed by atoms with Crippen molar-refractivity contribution < 1.29 is 0 Å². The fraction of sp³-hybridized carbons (Fsp3) is 0.267. The number of para-hydroxylation sites is 2. The molecule has 6 heteroatoms. The summed E-state index contributed by atoms with van der Waals surface area (Å²) in [6.07, 6.45) is 1.82. The van der Waals surface area contributed by atoms with Crippen LogP contribution < -0.4 is 10.9 Å². The highest BCUT2D eigenvalue weighted by Crippen LogP contribution is 2.20. The van der Waals surface area contributed by atoms with Crippen LogP contribution in [0.5, 0.6) is 0 Å². The average Bonchev–Trinajstić information content (AvgIpc) is 2.92. The number of hydrogen-bond donors (Lipinski definition) is 1. The first kappa shape index (κ1) is 13.8. The monoisotopic (exact) mass is 300 g/mol. The Bertz CT molecular complexity index is 837. The quantitative estimate of drug-likeness (QED) is 0.804. The van der Waals surface area contributed by atoms with Crippen LogP contribution in [-0.4, -0.2) is 21.1 Å². The summed E-state index contributed by atoms with van der Waals surface area (Å²) in [5, 5.41) is 4.07. The second-order valence-electron chi connectivity index (χ2n) is 4.74. The normalized spacial score (nSPS) is 11.0. The first-order valence-corrected chi connectivity index (χ1v) is 7.65. The van der Waals surface area contributed by atoms with Crippen molar-refractivity contribution in [1.29, 1.82) is 0 Å². The van der Waals surface area contributed by atoms with Crippen LogP contribution in [0.25, 0.3) is 11.0 Å². The molecule has 0 radical (unpaired) electrons. The van der Waals surface area contributed by atoms with Gasteiger partial charge in [-0.15, -0.1) is 11.3 Å². The Hall–Kier alpha value is -2.21. The summed E-state index contributed by atoms with van der Waals surface area (Å²) in [6, 6.07) is 7.70. The van der Waals surface area contributed by atoms with Gasteiger partial charge < -0.3 is 5.32 Å². The molecular weight excluding hydrogens is 284 g/mol. The van der Waals surface area contributed by atoms with E-state index in [9.17, 15) is 4.79 Å². The predicted octanol–water partition coefficient (Wildman–Crippen LogP) is 2.64. The van der Waals surface area contributed by atoms with E-state index in [0.29, 0.717) is 12.2 Å². The van der Waals surface area contributed by atoms with Gasteiger partial charge >= 0.3 is 0 Å². The minimum atomic E-state index is -0.0490. The van der Waals surface area contributed by atoms with Crippen molar-refractivity contribution in [3.05, 3.63) is 51.4 Å². The van der Waals surface area contributed by atoms with Gasteiger partial charge in [-0.1, -0.05) is 12.1 Å². The molecule has 1 N–H and O–H groups in total. The van der Waals surface area contributed by atoms with Gasteiger partial charge in [-0.2, -0.15) is 0 Å². The van der Waals surface area contributed by atoms with Crippen molar-refractivity contribution in [3.63, 3.8) is 0 Å². The van der Waals surface area contributed by atoms with Crippen LogP contribution in [0.2, 0.25) is 0 Å². The number of nitrogens with one attached hydrogen (secondary N) is 1. The SMILES string of the molecule is CCNc1ncc(Cn2c(=O)c(C)nc3ccccc32)s1. The second kappa shape index (κ2) is 5.65. The Morgan fingerprint density at radius 2 is 2.14 bits per heavy atom. The molecule has 21 heavy (non-hydrogen) atoms. The molecule has 0 unspecified atom stereocenters. The molecule has 0 aliphatic rings. The molecule has 2 heterocycles. The van der Waals surface area contributed by atoms with Crippen LogP contribution in [0.15, 0.2) is 35.3 Å². The van der Waals surface area contributed by atoms with E-state index >= 15 is 0 Å². The van der Waals surface area contributed by atoms with Gasteiger partial charge in [0, 0.05) is 17.6 Å². The largest absolute Gasteiger partial charge is 0.362 e. The molecule has 0 bridgehead atoms. The fourth-order valence-electron chi connectivity index (χ4n) is 2.25. The Morgan fingerprint density at radius 3 is 2.95 bits per heavy atom. The average molecular weight is 300 g/mol. The van der Waals surface area contributed by atoms with Crippen LogP contribution in [0, 0.1) is 6.92 Å². The summed E-state index contributed by atoms with van der Waals surface area (Å²) in [4.78, 5) is 22.1. The molecule has 0 aliphatic carbocycles. The molecule has 0 spiro atoms. The maximum atomic E-state index is 12.4. The molecule has 2 aromatic heterocycles. The highest BCUT2D eigenvalue weighted by molar-refractivity contribution is 7.15. The van der Waals surface area contributed by atoms with E-state index in [2.05, 4.69) is 15.3 Å². The van der Waals surface area contributed by atoms with Gasteiger partial charge in [0.05, 0.1) is 17.6 Å². The first-order chi connectivity index (χ1) is 10.2. The number of thiazole rings is 1. The molecule has 0 aliphatic heterocycles. The van der Waals surface area contributed by atoms with Crippen molar-refractivity contribution in [3.8, 4) is 0 Å². The van der Waals surface area contributed by atoms with Crippen LogP contribution in [-0.2, 0) is 6.54 Å². The maximum Gasteiger partial charge on any atom is 0.272 e. The lowest BCUT2D eigenvalue weighted by Gasteiger charge is -2.09. The lowest BCUT2D eigenvalue weighted by atomic mass is 10.2. The Morgan fingerprint density at radius 1 is 1.33 bits per heavy atom. The van der Waals surface area contributed by atoms with Crippen molar-refractivity contribution in [2.45, 2.75) is 20.4 Å². The lowest BCUT2D eigenvalue weighted by Crippen LogP contribution is -2.24. The third-order valence-electron chi connectivity index (χ3n) is 3.21. The third-order valence-corrected chi connectivity index (χ3v) is 4.15. The molecule has 0 amide bonds. The molecule has 0 fully saturated rings. The Kier molecular flexibility index (Phi) is 3.70. The van der Waals surface area contributed by atoms with Crippen LogP contribution in [0.3, 0.4) is 0 Å². The van der Waals surface area contributed by atoms with E-state index in [1.807, 2.05) is 37.4 Å². The Balaban J connectivity index is 2.06. The van der Waals surface area contributed by atoms with Crippen molar-refractivity contribution in [1.82, 2.24) is 14.5 Å². The predicted molar refractivity (Wildman–Crippen MR) is 86.1 cm³/mol. The zero-order valence-corrected chi connectivity index (χ0v) is 12.8. The number of nitrogens with zero attached hydrogens (tertiary/aromatic N) is 3. The standard InChI is InChI=1S/C15H16N4OS/c1-3-16-15-17-8-11(21-15)9-19-13-7-5-4-6-12(13)18-10(2)14(19)20/h4-8H,3,9H2,1-2H3,(H,16,17). The van der Waals surface area contributed by atoms with Gasteiger partial charge in [-0.25, -0.2) is 9.97 Å². The lowest BCUT2D eigenvalue weighted by molar-refractivity contribution is 0.785. The van der Waals surface area contributed by atoms with Crippen LogP contribution in [0.1, 0.15) is 17.5 Å². The Labute approximate surface area is 126 Å². The summed E-state index contributed by atoms with van der Waals surface area (Å²) in [5.74, 6) is 0. The van der Waals surface area contributed by atoms with E-state index in [1.165, 1.54) is 0 Å². The smallest absolute Gasteiger partial charge is 0.272 e. The van der Waals surface area contributed by atoms with Gasteiger partial charge in [0.25, 0.3) is 5.56 Å². The number of benzene rings is 1. The molecule has 108 valence electrons. The molecule has 5 nitrogen and oxygen atoms in total. The summed E-state index contributed by atoms with van der Waals surface area (Å²) in [5.41, 5.74) is 2.16. The zero-order chi connectivity index (χ0) is 14.8. The molecule has 1 aromatic carbocycles. The maximum absolute atomic E-state index is 12.4. The summed E-state index contributed by atoms with van der Waals surface area (Å²) >= 11 is 1.57. The van der Waals surface area contributed by atoms with Crippen molar-refractivity contribution in [2.75, 3.05) is 11.9 Å². The van der Waals surface area contributed by atoms with Gasteiger partial charge in [0.15, 0.2) is 5.13 Å². The fourth-order valence-corrected chi connectivity index (χ4v) is 3.12. The summed E-state index contributed by atoms with van der Waals surface area (Å²) in [7, 11) is 0. The van der Waals surface area contributed by atoms with Crippen molar-refractivity contribution in [2.24, 2.45) is 0 Å². The third kappa shape index (κ3) is 2.67. The first-order valence-electron chi connectivity index (χ1n) is 6.84. The minimum absolute atomic E-state index is 0.0490. The number of anilines is 1. The van der Waals surface area contributed by atoms with E-state index in [-0.39, 0.29) is 5.56 Å². The second-order valence-corrected chi connectivity index (χ2v) is 5.85. The zero-order valence-electron chi connectivity index (χ0n) is 12.0. The van der Waals surface area contributed by atoms with E-state index < -0.39 is 0 Å². The molecule has 3 aromatic rings. The highest BCUT2D eigenvalue weighted by atomic mass is 32.1. The van der Waals surface area contributed by atoms with Gasteiger partial charge in [0.1, 0.15) is 5.69 Å². The molecule has 0 saturated heterocycles.